The van der Waals surface area contributed by atoms with Crippen molar-refractivity contribution in [1.29, 1.82) is 0 Å². The van der Waals surface area contributed by atoms with Gasteiger partial charge >= 0.3 is 12.0 Å². The molecular formula is C31H27FN2O4. The van der Waals surface area contributed by atoms with Crippen LogP contribution in [0.2, 0.25) is 0 Å². The molecule has 192 valence electrons. The summed E-state index contributed by atoms with van der Waals surface area (Å²) in [5, 5.41) is 15.5. The van der Waals surface area contributed by atoms with Crippen LogP contribution in [-0.4, -0.2) is 23.7 Å². The number of carbonyl (C=O) groups excluding carboxylic acids is 1. The Labute approximate surface area is 220 Å². The Kier molecular flexibility index (Phi) is 7.09. The van der Waals surface area contributed by atoms with Gasteiger partial charge in [0.05, 0.1) is 17.9 Å². The number of hydrogen-bond donors (Lipinski definition) is 3. The molecule has 4 aromatic rings. The maximum atomic E-state index is 14.3. The van der Waals surface area contributed by atoms with Crippen LogP contribution in [0, 0.1) is 12.7 Å². The lowest BCUT2D eigenvalue weighted by atomic mass is 9.85. The number of urea groups is 1. The van der Waals surface area contributed by atoms with E-state index in [1.165, 1.54) is 12.1 Å². The topological polar surface area (TPSA) is 87.7 Å². The summed E-state index contributed by atoms with van der Waals surface area (Å²) in [7, 11) is 0. The van der Waals surface area contributed by atoms with Gasteiger partial charge in [0.15, 0.2) is 0 Å². The van der Waals surface area contributed by atoms with Crippen molar-refractivity contribution in [1.82, 2.24) is 0 Å². The number of fused-ring (bicyclic) bond motifs is 1. The number of hydrogen-bond acceptors (Lipinski definition) is 3. The lowest BCUT2D eigenvalue weighted by Crippen LogP contribution is -2.20. The fourth-order valence-corrected chi connectivity index (χ4v) is 4.83. The van der Waals surface area contributed by atoms with Gasteiger partial charge in [-0.1, -0.05) is 48.0 Å². The van der Waals surface area contributed by atoms with Crippen LogP contribution < -0.4 is 15.4 Å². The van der Waals surface area contributed by atoms with Crippen molar-refractivity contribution in [3.63, 3.8) is 0 Å². The van der Waals surface area contributed by atoms with E-state index in [9.17, 15) is 19.1 Å². The van der Waals surface area contributed by atoms with Gasteiger partial charge in [-0.15, -0.1) is 0 Å². The Bertz CT molecular complexity index is 1490. The first-order valence-corrected chi connectivity index (χ1v) is 12.4. The van der Waals surface area contributed by atoms with Crippen LogP contribution in [0.5, 0.6) is 5.75 Å². The summed E-state index contributed by atoms with van der Waals surface area (Å²) >= 11 is 0. The molecule has 0 saturated carbocycles. The van der Waals surface area contributed by atoms with Gasteiger partial charge in [0.25, 0.3) is 0 Å². The average molecular weight is 511 g/mol. The molecule has 0 aromatic heterocycles. The minimum absolute atomic E-state index is 0.0350. The summed E-state index contributed by atoms with van der Waals surface area (Å²) in [4.78, 5) is 25.0. The van der Waals surface area contributed by atoms with E-state index < -0.39 is 17.8 Å². The Morgan fingerprint density at radius 3 is 2.45 bits per heavy atom. The van der Waals surface area contributed by atoms with Gasteiger partial charge in [0.2, 0.25) is 0 Å². The van der Waals surface area contributed by atoms with Crippen molar-refractivity contribution < 1.29 is 23.8 Å². The minimum atomic E-state index is -1.17. The molecule has 5 rings (SSSR count). The second-order valence-corrected chi connectivity index (χ2v) is 9.34. The summed E-state index contributed by atoms with van der Waals surface area (Å²) in [5.74, 6) is -1.26. The van der Waals surface area contributed by atoms with Gasteiger partial charge < -0.3 is 20.5 Å². The monoisotopic (exact) mass is 510 g/mol. The number of aromatic carboxylic acids is 1. The van der Waals surface area contributed by atoms with E-state index in [1.54, 1.807) is 18.2 Å². The van der Waals surface area contributed by atoms with E-state index in [1.807, 2.05) is 55.5 Å². The molecule has 2 amide bonds. The predicted octanol–water partition coefficient (Wildman–Crippen LogP) is 7.45. The molecule has 1 aliphatic rings. The highest BCUT2D eigenvalue weighted by atomic mass is 19.1. The first-order valence-electron chi connectivity index (χ1n) is 12.4. The molecule has 1 atom stereocenters. The van der Waals surface area contributed by atoms with E-state index >= 15 is 0 Å². The fraction of sp³-hybridized carbons (Fsp3) is 0.161. The molecule has 6 nitrogen and oxygen atoms in total. The molecule has 0 spiro atoms. The summed E-state index contributed by atoms with van der Waals surface area (Å²) < 4.78 is 20.5. The lowest BCUT2D eigenvalue weighted by molar-refractivity contribution is 0.0697. The Morgan fingerprint density at radius 1 is 0.947 bits per heavy atom. The molecule has 38 heavy (non-hydrogen) atoms. The molecule has 0 aliphatic carbocycles. The van der Waals surface area contributed by atoms with Gasteiger partial charge in [-0.2, -0.15) is 0 Å². The van der Waals surface area contributed by atoms with E-state index in [0.717, 1.165) is 35.6 Å². The molecular weight excluding hydrogens is 483 g/mol. The van der Waals surface area contributed by atoms with Crippen molar-refractivity contribution in [2.24, 2.45) is 0 Å². The summed E-state index contributed by atoms with van der Waals surface area (Å²) in [6.07, 6.45) is 1.59. The number of carboxylic acid groups (broad SMARTS) is 1. The van der Waals surface area contributed by atoms with Crippen molar-refractivity contribution in [3.8, 4) is 16.9 Å². The number of amides is 2. The molecule has 0 bridgehead atoms. The Morgan fingerprint density at radius 2 is 1.71 bits per heavy atom. The lowest BCUT2D eigenvalue weighted by Gasteiger charge is -2.22. The molecule has 0 radical (unpaired) electrons. The SMILES string of the molecule is Cc1ccc(NC(=O)Nc2cc(-c3cc(F)ccc3C(=O)O)cc3c2OCCCC3c2ccccc2)cc1. The Hall–Kier alpha value is -4.65. The van der Waals surface area contributed by atoms with E-state index in [4.69, 9.17) is 4.74 Å². The number of carboxylic acids is 1. The van der Waals surface area contributed by atoms with Crippen LogP contribution >= 0.6 is 0 Å². The molecule has 0 fully saturated rings. The first kappa shape index (κ1) is 25.0. The number of rotatable bonds is 5. The van der Waals surface area contributed by atoms with E-state index in [2.05, 4.69) is 10.6 Å². The zero-order valence-corrected chi connectivity index (χ0v) is 20.8. The summed E-state index contributed by atoms with van der Waals surface area (Å²) in [5.41, 5.74) is 4.60. The normalized spacial score (nSPS) is 14.5. The third-order valence-electron chi connectivity index (χ3n) is 6.66. The quantitative estimate of drug-likeness (QED) is 0.260. The van der Waals surface area contributed by atoms with Gasteiger partial charge in [0.1, 0.15) is 11.6 Å². The zero-order valence-electron chi connectivity index (χ0n) is 20.8. The van der Waals surface area contributed by atoms with E-state index in [-0.39, 0.29) is 17.0 Å². The number of ether oxygens (including phenoxy) is 1. The van der Waals surface area contributed by atoms with E-state index in [0.29, 0.717) is 29.3 Å². The number of benzene rings is 4. The molecule has 1 aliphatic heterocycles. The number of aryl methyl sites for hydroxylation is 1. The van der Waals surface area contributed by atoms with Crippen LogP contribution in [0.15, 0.2) is 84.9 Å². The minimum Gasteiger partial charge on any atom is -0.491 e. The number of anilines is 2. The molecule has 3 N–H and O–H groups in total. The second-order valence-electron chi connectivity index (χ2n) is 9.34. The van der Waals surface area contributed by atoms with Crippen molar-refractivity contribution in [2.75, 3.05) is 17.2 Å². The van der Waals surface area contributed by atoms with Crippen LogP contribution in [0.3, 0.4) is 0 Å². The molecule has 7 heteroatoms. The van der Waals surface area contributed by atoms with Crippen LogP contribution in [-0.2, 0) is 0 Å². The Balaban J connectivity index is 1.64. The molecule has 1 unspecified atom stereocenters. The predicted molar refractivity (Wildman–Crippen MR) is 146 cm³/mol. The fourth-order valence-electron chi connectivity index (χ4n) is 4.83. The largest absolute Gasteiger partial charge is 0.491 e. The zero-order chi connectivity index (χ0) is 26.6. The van der Waals surface area contributed by atoms with Crippen molar-refractivity contribution in [3.05, 3.63) is 113 Å². The van der Waals surface area contributed by atoms with Crippen molar-refractivity contribution >= 4 is 23.4 Å². The standard InChI is InChI=1S/C31H27FN2O4/c1-19-9-12-23(13-10-19)33-31(37)34-28-17-21(26-18-22(32)11-14-25(26)30(35)36)16-27-24(8-5-15-38-29(27)28)20-6-3-2-4-7-20/h2-4,6-7,9-14,16-18,24H,5,8,15H2,1H3,(H,35,36)(H2,33,34,37). The van der Waals surface area contributed by atoms with Crippen LogP contribution in [0.25, 0.3) is 11.1 Å². The third kappa shape index (κ3) is 5.37. The summed E-state index contributed by atoms with van der Waals surface area (Å²) in [6, 6.07) is 23.9. The smallest absolute Gasteiger partial charge is 0.336 e. The van der Waals surface area contributed by atoms with Crippen molar-refractivity contribution in [2.45, 2.75) is 25.7 Å². The highest BCUT2D eigenvalue weighted by Crippen LogP contribution is 2.45. The van der Waals surface area contributed by atoms with Crippen LogP contribution in [0.4, 0.5) is 20.6 Å². The highest BCUT2D eigenvalue weighted by Gasteiger charge is 2.27. The van der Waals surface area contributed by atoms with Gasteiger partial charge in [-0.25, -0.2) is 14.0 Å². The first-order chi connectivity index (χ1) is 18.4. The number of nitrogens with one attached hydrogen (secondary N) is 2. The molecule has 4 aromatic carbocycles. The molecule has 0 saturated heterocycles. The summed E-state index contributed by atoms with van der Waals surface area (Å²) in [6.45, 7) is 2.42. The third-order valence-corrected chi connectivity index (χ3v) is 6.66. The second kappa shape index (κ2) is 10.8. The highest BCUT2D eigenvalue weighted by molar-refractivity contribution is 6.02. The van der Waals surface area contributed by atoms with Crippen LogP contribution in [0.1, 0.15) is 45.8 Å². The number of carbonyl (C=O) groups is 2. The maximum absolute atomic E-state index is 14.3. The molecule has 1 heterocycles. The average Bonchev–Trinajstić information content (AvgIpc) is 3.13. The number of halogens is 1. The van der Waals surface area contributed by atoms with Gasteiger partial charge in [0, 0.05) is 17.2 Å². The van der Waals surface area contributed by atoms with Gasteiger partial charge in [-0.05, 0) is 78.9 Å². The van der Waals surface area contributed by atoms with Gasteiger partial charge in [-0.3, -0.25) is 0 Å². The maximum Gasteiger partial charge on any atom is 0.336 e.